The van der Waals surface area contributed by atoms with Crippen LogP contribution in [0.1, 0.15) is 25.8 Å². The van der Waals surface area contributed by atoms with Crippen LogP contribution in [-0.4, -0.2) is 94.5 Å². The van der Waals surface area contributed by atoms with Gasteiger partial charge in [-0.05, 0) is 31.5 Å². The largest absolute Gasteiger partial charge is 0.375 e. The molecule has 0 saturated carbocycles. The lowest BCUT2D eigenvalue weighted by Crippen LogP contribution is -2.52. The minimum absolute atomic E-state index is 0.0335. The Balaban J connectivity index is 1.31. The number of likely N-dealkylation sites (N-methyl/N-ethyl adjacent to an activating group) is 1. The van der Waals surface area contributed by atoms with Crippen LogP contribution in [-0.2, 0) is 0 Å². The summed E-state index contributed by atoms with van der Waals surface area (Å²) in [5.74, 6) is 1.56. The van der Waals surface area contributed by atoms with Gasteiger partial charge < -0.3 is 20.9 Å². The Labute approximate surface area is 258 Å². The van der Waals surface area contributed by atoms with Crippen LogP contribution in [0.2, 0.25) is 5.02 Å². The molecule has 2 aromatic carbocycles. The number of hydrogen-bond donors (Lipinski definition) is 2. The molecule has 12 heteroatoms. The van der Waals surface area contributed by atoms with Gasteiger partial charge >= 0.3 is 5.69 Å². The number of halogens is 1. The highest BCUT2D eigenvalue weighted by Gasteiger charge is 2.36. The molecule has 6 heterocycles. The molecule has 3 N–H and O–H groups in total. The number of nitrogen functional groups attached to an aromatic ring is 1. The van der Waals surface area contributed by atoms with Gasteiger partial charge in [0, 0.05) is 85.1 Å². The molecule has 4 aromatic rings. The number of rotatable bonds is 5. The topological polar surface area (TPSA) is 95.6 Å². The van der Waals surface area contributed by atoms with Gasteiger partial charge in [0.05, 0.1) is 26.8 Å². The number of nitrogens with two attached hydrogens (primary N) is 1. The van der Waals surface area contributed by atoms with Gasteiger partial charge in [-0.3, -0.25) is 9.47 Å². The smallest absolute Gasteiger partial charge is 0.350 e. The number of thiazole rings is 1. The van der Waals surface area contributed by atoms with Gasteiger partial charge in [-0.2, -0.15) is 4.98 Å². The third kappa shape index (κ3) is 4.51. The summed E-state index contributed by atoms with van der Waals surface area (Å²) >= 11 is 10.5. The first kappa shape index (κ1) is 27.2. The fraction of sp³-hybridized carbons (Fsp3) is 0.500. The molecule has 3 atom stereocenters. The number of nitrogens with zero attached hydrogens (tertiary/aromatic N) is 6. The highest BCUT2D eigenvalue weighted by molar-refractivity contribution is 7.99. The van der Waals surface area contributed by atoms with E-state index >= 15 is 0 Å². The Morgan fingerprint density at radius 3 is 2.62 bits per heavy atom. The van der Waals surface area contributed by atoms with Crippen molar-refractivity contribution in [1.29, 1.82) is 0 Å². The minimum atomic E-state index is -0.161. The van der Waals surface area contributed by atoms with Crippen molar-refractivity contribution >= 4 is 66.8 Å². The fourth-order valence-corrected chi connectivity index (χ4v) is 9.85. The Morgan fingerprint density at radius 2 is 1.86 bits per heavy atom. The van der Waals surface area contributed by atoms with Crippen molar-refractivity contribution < 1.29 is 0 Å². The second kappa shape index (κ2) is 10.6. The van der Waals surface area contributed by atoms with Gasteiger partial charge in [-0.1, -0.05) is 42.0 Å². The van der Waals surface area contributed by atoms with Crippen molar-refractivity contribution in [1.82, 2.24) is 29.7 Å². The van der Waals surface area contributed by atoms with Crippen molar-refractivity contribution in [3.8, 4) is 11.1 Å². The van der Waals surface area contributed by atoms with Crippen LogP contribution >= 0.6 is 34.7 Å². The second-order valence-electron chi connectivity index (χ2n) is 12.0. The van der Waals surface area contributed by atoms with Crippen LogP contribution < -0.4 is 21.6 Å². The molecule has 0 amide bonds. The summed E-state index contributed by atoms with van der Waals surface area (Å²) in [6.45, 7) is 10.0. The molecule has 0 radical (unpaired) electrons. The summed E-state index contributed by atoms with van der Waals surface area (Å²) in [6, 6.07) is 9.11. The first-order chi connectivity index (χ1) is 20.5. The molecule has 220 valence electrons. The highest BCUT2D eigenvalue weighted by Crippen LogP contribution is 2.49. The molecular weight excluding hydrogens is 588 g/mol. The van der Waals surface area contributed by atoms with E-state index in [4.69, 9.17) is 22.3 Å². The van der Waals surface area contributed by atoms with Crippen molar-refractivity contribution in [2.45, 2.75) is 42.8 Å². The summed E-state index contributed by atoms with van der Waals surface area (Å²) in [5.41, 5.74) is 9.70. The van der Waals surface area contributed by atoms with Crippen LogP contribution in [0.5, 0.6) is 0 Å². The standard InChI is InChI=1S/C30H35ClN8OS2/c1-2-36-8-10-37(11-9-36)15-19-16-41-27-24(20-4-3-5-23-25(20)34-29(32)42-23)22(31)12-21-26(27)39(19)30(40)35-28(21)38-13-17-6-7-18(14-38)33-17/h3-5,12,17-19,33H,2,6-11,13-16H2,1H3,(H2,32,34). The van der Waals surface area contributed by atoms with Gasteiger partial charge in [0.1, 0.15) is 5.82 Å². The molecule has 4 aliphatic heterocycles. The normalized spacial score (nSPS) is 24.7. The molecule has 3 unspecified atom stereocenters. The molecule has 2 aromatic heterocycles. The van der Waals surface area contributed by atoms with E-state index in [2.05, 4.69) is 44.1 Å². The van der Waals surface area contributed by atoms with Crippen LogP contribution in [0.4, 0.5) is 10.9 Å². The maximum absolute atomic E-state index is 14.1. The van der Waals surface area contributed by atoms with Crippen molar-refractivity contribution in [2.24, 2.45) is 0 Å². The number of para-hydroxylation sites is 1. The zero-order chi connectivity index (χ0) is 28.5. The summed E-state index contributed by atoms with van der Waals surface area (Å²) in [4.78, 5) is 32.0. The molecule has 3 saturated heterocycles. The van der Waals surface area contributed by atoms with Gasteiger partial charge in [0.25, 0.3) is 0 Å². The molecule has 3 fully saturated rings. The summed E-state index contributed by atoms with van der Waals surface area (Å²) in [7, 11) is 0. The van der Waals surface area contributed by atoms with Crippen LogP contribution in [0.25, 0.3) is 32.2 Å². The molecule has 42 heavy (non-hydrogen) atoms. The third-order valence-electron chi connectivity index (χ3n) is 9.48. The Morgan fingerprint density at radius 1 is 1.10 bits per heavy atom. The lowest BCUT2D eigenvalue weighted by Gasteiger charge is -2.38. The van der Waals surface area contributed by atoms with E-state index in [0.29, 0.717) is 22.2 Å². The third-order valence-corrected chi connectivity index (χ3v) is 11.9. The van der Waals surface area contributed by atoms with E-state index in [1.165, 1.54) is 11.3 Å². The molecule has 4 aliphatic rings. The molecule has 8 rings (SSSR count). The van der Waals surface area contributed by atoms with E-state index in [9.17, 15) is 4.79 Å². The maximum atomic E-state index is 14.1. The predicted molar refractivity (Wildman–Crippen MR) is 175 cm³/mol. The molecular formula is C30H35ClN8OS2. The zero-order valence-electron chi connectivity index (χ0n) is 23.7. The van der Waals surface area contributed by atoms with Crippen LogP contribution in [0.3, 0.4) is 0 Å². The van der Waals surface area contributed by atoms with E-state index in [1.807, 2.05) is 28.5 Å². The molecule has 9 nitrogen and oxygen atoms in total. The Bertz CT molecular complexity index is 1740. The lowest BCUT2D eigenvalue weighted by molar-refractivity contribution is 0.126. The second-order valence-corrected chi connectivity index (χ2v) is 14.5. The number of benzene rings is 2. The van der Waals surface area contributed by atoms with Gasteiger partial charge in [0.2, 0.25) is 0 Å². The highest BCUT2D eigenvalue weighted by atomic mass is 35.5. The summed E-state index contributed by atoms with van der Waals surface area (Å²) < 4.78 is 3.02. The number of nitrogens with one attached hydrogen (secondary N) is 1. The van der Waals surface area contributed by atoms with Crippen LogP contribution in [0.15, 0.2) is 34.0 Å². The number of hydrogen-bond acceptors (Lipinski definition) is 10. The van der Waals surface area contributed by atoms with Gasteiger partial charge in [-0.15, -0.1) is 11.8 Å². The average Bonchev–Trinajstić information content (AvgIpc) is 3.55. The van der Waals surface area contributed by atoms with Crippen molar-refractivity contribution in [3.05, 3.63) is 39.8 Å². The van der Waals surface area contributed by atoms with E-state index in [-0.39, 0.29) is 11.7 Å². The first-order valence-corrected chi connectivity index (χ1v) is 17.2. The average molecular weight is 623 g/mol. The van der Waals surface area contributed by atoms with Gasteiger partial charge in [0.15, 0.2) is 5.13 Å². The van der Waals surface area contributed by atoms with E-state index < -0.39 is 0 Å². The first-order valence-electron chi connectivity index (χ1n) is 15.0. The monoisotopic (exact) mass is 622 g/mol. The number of piperazine rings is 2. The van der Waals surface area contributed by atoms with Crippen LogP contribution in [0, 0.1) is 0 Å². The lowest BCUT2D eigenvalue weighted by atomic mass is 10.0. The molecule has 2 bridgehead atoms. The quantitative estimate of drug-likeness (QED) is 0.341. The number of fused-ring (bicyclic) bond motifs is 3. The van der Waals surface area contributed by atoms with E-state index in [0.717, 1.165) is 114 Å². The molecule has 0 aliphatic carbocycles. The summed E-state index contributed by atoms with van der Waals surface area (Å²) in [5, 5.41) is 5.88. The Hall–Kier alpha value is -2.41. The Kier molecular flexibility index (Phi) is 6.88. The maximum Gasteiger partial charge on any atom is 0.350 e. The van der Waals surface area contributed by atoms with E-state index in [1.54, 1.807) is 0 Å². The number of aromatic nitrogens is 3. The summed E-state index contributed by atoms with van der Waals surface area (Å²) in [6.07, 6.45) is 2.33. The SMILES string of the molecule is CCN1CCN(CC2CSc3c(-c4cccc5sc(N)nc45)c(Cl)cc4c(N5CC6CCC(C5)N6)nc(=O)n2c34)CC1. The van der Waals surface area contributed by atoms with Gasteiger partial charge in [-0.25, -0.2) is 9.78 Å². The fourth-order valence-electron chi connectivity index (χ4n) is 7.41. The van der Waals surface area contributed by atoms with Crippen molar-refractivity contribution in [3.63, 3.8) is 0 Å². The van der Waals surface area contributed by atoms with Crippen molar-refractivity contribution in [2.75, 3.05) is 68.7 Å². The molecule has 0 spiro atoms. The predicted octanol–water partition coefficient (Wildman–Crippen LogP) is 4.13. The zero-order valence-corrected chi connectivity index (χ0v) is 26.1. The number of thioether (sulfide) groups is 1. The number of anilines is 2. The minimum Gasteiger partial charge on any atom is -0.375 e.